The van der Waals surface area contributed by atoms with E-state index in [1.807, 2.05) is 5.32 Å². The number of carbonyl (C=O) groups excluding carboxylic acids is 2. The third-order valence-corrected chi connectivity index (χ3v) is 5.21. The van der Waals surface area contributed by atoms with Crippen LogP contribution in [-0.2, 0) is 36.4 Å². The Morgan fingerprint density at radius 3 is 2.17 bits per heavy atom. The van der Waals surface area contributed by atoms with Crippen LogP contribution in [0.15, 0.2) is 30.3 Å². The number of amides is 2. The first-order valence-corrected chi connectivity index (χ1v) is 9.02. The van der Waals surface area contributed by atoms with E-state index in [9.17, 15) is 26.4 Å². The molecule has 12 heteroatoms. The van der Waals surface area contributed by atoms with E-state index >= 15 is 0 Å². The van der Waals surface area contributed by atoms with Crippen LogP contribution in [0.4, 0.5) is 0 Å². The molecule has 0 radical (unpaired) electrons. The predicted molar refractivity (Wildman–Crippen MR) is 75.8 cm³/mol. The molecule has 23 heavy (non-hydrogen) atoms. The average molecular weight is 364 g/mol. The van der Waals surface area contributed by atoms with Crippen LogP contribution in [0.2, 0.25) is 0 Å². The van der Waals surface area contributed by atoms with Gasteiger partial charge in [-0.05, 0) is 5.56 Å². The SMILES string of the molecule is O=C(Cc1ccccc1)N[C@@H]1C(=O)N(S(=O)(=O)O)[C@@H]1S(=O)(=O)O. The van der Waals surface area contributed by atoms with Crippen molar-refractivity contribution in [1.29, 1.82) is 0 Å². The van der Waals surface area contributed by atoms with Crippen molar-refractivity contribution in [3.05, 3.63) is 35.9 Å². The molecule has 0 spiro atoms. The van der Waals surface area contributed by atoms with Crippen molar-refractivity contribution < 1.29 is 35.5 Å². The van der Waals surface area contributed by atoms with E-state index in [0.717, 1.165) is 0 Å². The van der Waals surface area contributed by atoms with Crippen LogP contribution >= 0.6 is 0 Å². The van der Waals surface area contributed by atoms with E-state index in [-0.39, 0.29) is 6.42 Å². The van der Waals surface area contributed by atoms with Crippen molar-refractivity contribution in [2.24, 2.45) is 0 Å². The number of nitrogens with zero attached hydrogens (tertiary/aromatic N) is 1. The van der Waals surface area contributed by atoms with Gasteiger partial charge in [0.1, 0.15) is 6.04 Å². The maximum atomic E-state index is 11.8. The molecule has 3 N–H and O–H groups in total. The highest BCUT2D eigenvalue weighted by Gasteiger charge is 2.60. The van der Waals surface area contributed by atoms with Gasteiger partial charge in [0.2, 0.25) is 11.3 Å². The summed E-state index contributed by atoms with van der Waals surface area (Å²) in [5.74, 6) is -2.12. The second-order valence-corrected chi connectivity index (χ2v) is 7.53. The molecule has 1 aromatic carbocycles. The summed E-state index contributed by atoms with van der Waals surface area (Å²) in [4.78, 5) is 23.5. The van der Waals surface area contributed by atoms with Gasteiger partial charge in [-0.15, -0.1) is 0 Å². The van der Waals surface area contributed by atoms with Crippen molar-refractivity contribution >= 4 is 32.2 Å². The van der Waals surface area contributed by atoms with E-state index in [4.69, 9.17) is 9.11 Å². The van der Waals surface area contributed by atoms with E-state index < -0.39 is 48.0 Å². The summed E-state index contributed by atoms with van der Waals surface area (Å²) in [6.45, 7) is 0. The fraction of sp³-hybridized carbons (Fsp3) is 0.273. The third-order valence-electron chi connectivity index (χ3n) is 3.08. The highest BCUT2D eigenvalue weighted by molar-refractivity contribution is 7.89. The minimum absolute atomic E-state index is 0.186. The summed E-state index contributed by atoms with van der Waals surface area (Å²) in [7, 11) is -10.2. The molecule has 1 aromatic rings. The van der Waals surface area contributed by atoms with Gasteiger partial charge in [0.15, 0.2) is 0 Å². The first-order valence-electron chi connectivity index (χ1n) is 6.12. The number of hydrogen-bond acceptors (Lipinski definition) is 6. The van der Waals surface area contributed by atoms with Crippen LogP contribution < -0.4 is 5.32 Å². The molecule has 0 aromatic heterocycles. The van der Waals surface area contributed by atoms with E-state index in [1.54, 1.807) is 30.3 Å². The first-order chi connectivity index (χ1) is 10.5. The van der Waals surface area contributed by atoms with E-state index in [2.05, 4.69) is 0 Å². The monoisotopic (exact) mass is 364 g/mol. The minimum atomic E-state index is -5.18. The highest BCUT2D eigenvalue weighted by atomic mass is 32.2. The lowest BCUT2D eigenvalue weighted by molar-refractivity contribution is -0.142. The molecule has 1 saturated heterocycles. The van der Waals surface area contributed by atoms with Crippen LogP contribution in [0, 0.1) is 0 Å². The molecule has 0 aliphatic carbocycles. The molecule has 1 aliphatic heterocycles. The Morgan fingerprint density at radius 2 is 1.70 bits per heavy atom. The van der Waals surface area contributed by atoms with Gasteiger partial charge in [0.25, 0.3) is 16.0 Å². The number of nitrogens with one attached hydrogen (secondary N) is 1. The zero-order valence-corrected chi connectivity index (χ0v) is 13.0. The molecule has 0 saturated carbocycles. The van der Waals surface area contributed by atoms with Gasteiger partial charge in [-0.1, -0.05) is 30.3 Å². The van der Waals surface area contributed by atoms with Crippen LogP contribution in [0.1, 0.15) is 5.56 Å². The van der Waals surface area contributed by atoms with Gasteiger partial charge < -0.3 is 5.32 Å². The quantitative estimate of drug-likeness (QED) is 0.424. The Labute approximate surface area is 131 Å². The molecule has 2 amide bonds. The number of rotatable bonds is 5. The van der Waals surface area contributed by atoms with Gasteiger partial charge in [-0.3, -0.25) is 18.7 Å². The van der Waals surface area contributed by atoms with Gasteiger partial charge in [-0.25, -0.2) is 0 Å². The summed E-state index contributed by atoms with van der Waals surface area (Å²) in [5, 5.41) is -0.273. The number of benzene rings is 1. The topological polar surface area (TPSA) is 158 Å². The average Bonchev–Trinajstić information content (AvgIpc) is 2.40. The van der Waals surface area contributed by atoms with Crippen molar-refractivity contribution in [3.8, 4) is 0 Å². The van der Waals surface area contributed by atoms with Gasteiger partial charge >= 0.3 is 10.3 Å². The smallest absolute Gasteiger partial charge is 0.341 e. The highest BCUT2D eigenvalue weighted by Crippen LogP contribution is 2.27. The zero-order valence-electron chi connectivity index (χ0n) is 11.4. The van der Waals surface area contributed by atoms with Crippen molar-refractivity contribution in [3.63, 3.8) is 0 Å². The third kappa shape index (κ3) is 3.67. The summed E-state index contributed by atoms with van der Waals surface area (Å²) in [6.07, 6.45) is -0.186. The van der Waals surface area contributed by atoms with Gasteiger partial charge in [0.05, 0.1) is 6.42 Å². The normalized spacial score (nSPS) is 21.7. The molecule has 0 unspecified atom stereocenters. The Morgan fingerprint density at radius 1 is 1.13 bits per heavy atom. The Balaban J connectivity index is 2.16. The maximum Gasteiger partial charge on any atom is 0.363 e. The molecule has 1 aliphatic rings. The second-order valence-electron chi connectivity index (χ2n) is 4.72. The van der Waals surface area contributed by atoms with Crippen molar-refractivity contribution in [2.75, 3.05) is 0 Å². The van der Waals surface area contributed by atoms with Crippen LogP contribution in [-0.4, -0.2) is 53.5 Å². The lowest BCUT2D eigenvalue weighted by Gasteiger charge is -2.41. The van der Waals surface area contributed by atoms with Crippen molar-refractivity contribution in [1.82, 2.24) is 9.62 Å². The lowest BCUT2D eigenvalue weighted by Crippen LogP contribution is -2.74. The van der Waals surface area contributed by atoms with Crippen LogP contribution in [0.3, 0.4) is 0 Å². The van der Waals surface area contributed by atoms with Gasteiger partial charge in [-0.2, -0.15) is 21.1 Å². The largest absolute Gasteiger partial charge is 0.363 e. The van der Waals surface area contributed by atoms with E-state index in [1.165, 1.54) is 0 Å². The molecular formula is C11H12N2O8S2. The molecule has 2 rings (SSSR count). The molecule has 1 heterocycles. The molecule has 10 nitrogen and oxygen atoms in total. The summed E-state index contributed by atoms with van der Waals surface area (Å²) < 4.78 is 61.8. The van der Waals surface area contributed by atoms with Gasteiger partial charge in [0, 0.05) is 0 Å². The Kier molecular flexibility index (Phi) is 4.43. The fourth-order valence-corrected chi connectivity index (χ4v) is 4.37. The number of carbonyl (C=O) groups is 2. The molecular weight excluding hydrogens is 352 g/mol. The molecule has 1 fully saturated rings. The Bertz CT molecular complexity index is 834. The Hall–Kier alpha value is -2.02. The zero-order chi connectivity index (χ0) is 17.4. The van der Waals surface area contributed by atoms with E-state index in [0.29, 0.717) is 5.56 Å². The van der Waals surface area contributed by atoms with Crippen molar-refractivity contribution in [2.45, 2.75) is 17.8 Å². The van der Waals surface area contributed by atoms with Crippen LogP contribution in [0.5, 0.6) is 0 Å². The molecule has 0 bridgehead atoms. The summed E-state index contributed by atoms with van der Waals surface area (Å²) >= 11 is 0. The number of hydrogen-bond donors (Lipinski definition) is 3. The second kappa shape index (κ2) is 5.88. The standard InChI is InChI=1S/C11H12N2O8S2/c14-8(6-7-4-2-1-3-5-7)12-9-10(15)13(23(19,20)21)11(9)22(16,17)18/h1-5,9,11H,6H2,(H,12,14)(H,16,17,18)(H,19,20,21)/t9-,11-/m1/s1. The lowest BCUT2D eigenvalue weighted by atomic mass is 10.1. The molecule has 126 valence electrons. The maximum absolute atomic E-state index is 11.8. The fourth-order valence-electron chi connectivity index (χ4n) is 2.11. The minimum Gasteiger partial charge on any atom is -0.341 e. The molecule has 2 atom stereocenters. The number of β-lactam (4-membered cyclic amide) rings is 1. The first kappa shape index (κ1) is 17.3. The summed E-state index contributed by atoms with van der Waals surface area (Å²) in [5.41, 5.74) is 0.576. The van der Waals surface area contributed by atoms with Crippen LogP contribution in [0.25, 0.3) is 0 Å². The summed E-state index contributed by atoms with van der Waals surface area (Å²) in [6, 6.07) is 6.48. The predicted octanol–water partition coefficient (Wildman–Crippen LogP) is -1.43.